The van der Waals surface area contributed by atoms with Gasteiger partial charge in [-0.3, -0.25) is 4.79 Å². The average molecular weight is 644 g/mol. The van der Waals surface area contributed by atoms with Crippen LogP contribution in [0, 0.1) is 11.6 Å². The maximum absolute atomic E-state index is 14.4. The minimum Gasteiger partial charge on any atom is -0.489 e. The maximum atomic E-state index is 14.4. The number of halogens is 5. The van der Waals surface area contributed by atoms with Crippen LogP contribution in [0.2, 0.25) is 0 Å². The van der Waals surface area contributed by atoms with Gasteiger partial charge in [0.1, 0.15) is 34.5 Å². The molecule has 43 heavy (non-hydrogen) atoms. The highest BCUT2D eigenvalue weighted by Gasteiger charge is 2.68. The molecule has 6 rings (SSSR count). The summed E-state index contributed by atoms with van der Waals surface area (Å²) in [5.41, 5.74) is -0.210. The van der Waals surface area contributed by atoms with E-state index in [1.54, 1.807) is 35.2 Å². The first-order valence-corrected chi connectivity index (χ1v) is 16.8. The third-order valence-corrected chi connectivity index (χ3v) is 11.9. The molecule has 14 heteroatoms. The fourth-order valence-corrected chi connectivity index (χ4v) is 9.98. The number of likely N-dealkylation sites (tertiary alicyclic amines) is 1. The highest BCUT2D eigenvalue weighted by molar-refractivity contribution is 8.30. The van der Waals surface area contributed by atoms with Gasteiger partial charge in [-0.25, -0.2) is 17.2 Å². The van der Waals surface area contributed by atoms with Crippen LogP contribution in [0.25, 0.3) is 0 Å². The molecular formula is C29H26F5NO6S2. The van der Waals surface area contributed by atoms with Crippen LogP contribution in [0.5, 0.6) is 5.75 Å². The normalized spacial score (nSPS) is 23.3. The lowest BCUT2D eigenvalue weighted by atomic mass is 9.78. The Morgan fingerprint density at radius 2 is 1.81 bits per heavy atom. The van der Waals surface area contributed by atoms with Crippen LogP contribution in [0.3, 0.4) is 0 Å². The second-order valence-electron chi connectivity index (χ2n) is 10.8. The summed E-state index contributed by atoms with van der Waals surface area (Å²) in [5.74, 6) is -2.48. The van der Waals surface area contributed by atoms with Crippen molar-refractivity contribution in [3.8, 4) is 5.75 Å². The topological polar surface area (TPSA) is 88.7 Å². The predicted molar refractivity (Wildman–Crippen MR) is 146 cm³/mol. The summed E-state index contributed by atoms with van der Waals surface area (Å²) in [5, 5.41) is 0. The molecule has 2 saturated heterocycles. The van der Waals surface area contributed by atoms with Gasteiger partial charge in [0.2, 0.25) is 5.91 Å². The van der Waals surface area contributed by atoms with Crippen molar-refractivity contribution >= 4 is 26.3 Å². The van der Waals surface area contributed by atoms with Gasteiger partial charge in [0.25, 0.3) is 0 Å². The van der Waals surface area contributed by atoms with Crippen molar-refractivity contribution in [1.82, 2.24) is 4.90 Å². The summed E-state index contributed by atoms with van der Waals surface area (Å²) >= 11 is 0. The van der Waals surface area contributed by atoms with E-state index in [9.17, 15) is 35.2 Å². The Hall–Kier alpha value is -3.20. The molecule has 2 atom stereocenters. The first-order valence-electron chi connectivity index (χ1n) is 13.3. The molecular weight excluding hydrogens is 617 g/mol. The summed E-state index contributed by atoms with van der Waals surface area (Å²) in [4.78, 5) is 15.3. The van der Waals surface area contributed by atoms with Gasteiger partial charge in [-0.2, -0.15) is 13.2 Å². The molecule has 0 aromatic heterocycles. The number of carbonyl (C=O) groups is 1. The minimum absolute atomic E-state index is 0.218. The van der Waals surface area contributed by atoms with Crippen LogP contribution in [-0.2, 0) is 47.3 Å². The Balaban J connectivity index is 1.38. The van der Waals surface area contributed by atoms with Crippen molar-refractivity contribution in [2.24, 2.45) is 0 Å². The van der Waals surface area contributed by atoms with Crippen LogP contribution in [0.1, 0.15) is 35.1 Å². The number of fused-ring (bicyclic) bond motifs is 3. The molecule has 0 N–H and O–H groups in total. The van der Waals surface area contributed by atoms with E-state index in [1.165, 1.54) is 12.1 Å². The van der Waals surface area contributed by atoms with Crippen molar-refractivity contribution < 1.29 is 48.6 Å². The lowest BCUT2D eigenvalue weighted by Crippen LogP contribution is -2.49. The second-order valence-corrected chi connectivity index (χ2v) is 15.4. The molecule has 2 heterocycles. The van der Waals surface area contributed by atoms with Gasteiger partial charge in [-0.1, -0.05) is 31.4 Å². The largest absolute Gasteiger partial charge is 0.489 e. The van der Waals surface area contributed by atoms with E-state index in [0.29, 0.717) is 24.2 Å². The van der Waals surface area contributed by atoms with Gasteiger partial charge in [-0.05, 0) is 78.9 Å². The van der Waals surface area contributed by atoms with Crippen molar-refractivity contribution in [2.45, 2.75) is 47.7 Å². The van der Waals surface area contributed by atoms with E-state index < -0.39 is 78.4 Å². The van der Waals surface area contributed by atoms with Gasteiger partial charge in [0.05, 0.1) is 16.5 Å². The lowest BCUT2D eigenvalue weighted by molar-refractivity contribution is -0.138. The number of sulfone groups is 1. The Kier molecular flexibility index (Phi) is 7.26. The molecule has 230 valence electrons. The molecule has 7 nitrogen and oxygen atoms in total. The van der Waals surface area contributed by atoms with Gasteiger partial charge >= 0.3 is 6.18 Å². The molecule has 0 spiro atoms. The highest BCUT2D eigenvalue weighted by atomic mass is 32.3. The molecule has 2 aliphatic heterocycles. The Labute approximate surface area is 246 Å². The molecule has 2 fully saturated rings. The first kappa shape index (κ1) is 29.9. The highest BCUT2D eigenvalue weighted by Crippen LogP contribution is 2.85. The first-order chi connectivity index (χ1) is 20.2. The maximum Gasteiger partial charge on any atom is 0.416 e. The second kappa shape index (κ2) is 10.5. The van der Waals surface area contributed by atoms with Crippen molar-refractivity contribution in [1.29, 1.82) is 0 Å². The van der Waals surface area contributed by atoms with Crippen LogP contribution in [-0.4, -0.2) is 43.8 Å². The van der Waals surface area contributed by atoms with Gasteiger partial charge < -0.3 is 9.64 Å². The lowest BCUT2D eigenvalue weighted by Gasteiger charge is -2.47. The minimum atomic E-state index is -4.76. The molecule has 1 aliphatic carbocycles. The SMILES string of the molecule is CS(=O)(=O)CC(=O)N1CC[C@@]2(S3(c4ccc(F)cc4)OO3)c3ccc(OCc4c(F)cccc4C(F)(F)F)cc3CC[C@@H]12. The molecule has 3 aromatic carbocycles. The summed E-state index contributed by atoms with van der Waals surface area (Å²) in [6.07, 6.45) is -2.59. The number of aryl methyl sites for hydroxylation is 1. The molecule has 0 unspecified atom stereocenters. The van der Waals surface area contributed by atoms with Crippen LogP contribution in [0.4, 0.5) is 22.0 Å². The summed E-state index contributed by atoms with van der Waals surface area (Å²) < 4.78 is 109. The van der Waals surface area contributed by atoms with Crippen molar-refractivity contribution in [2.75, 3.05) is 18.6 Å². The molecule has 0 bridgehead atoms. The molecule has 3 aliphatic rings. The van der Waals surface area contributed by atoms with Gasteiger partial charge in [0.15, 0.2) is 9.84 Å². The number of ether oxygens (including phenoxy) is 1. The zero-order valence-corrected chi connectivity index (χ0v) is 24.3. The third kappa shape index (κ3) is 5.17. The number of carbonyl (C=O) groups excluding carboxylic acids is 1. The number of benzene rings is 3. The number of hydrogen-bond acceptors (Lipinski definition) is 6. The van der Waals surface area contributed by atoms with E-state index >= 15 is 0 Å². The van der Waals surface area contributed by atoms with E-state index in [1.807, 2.05) is 0 Å². The smallest absolute Gasteiger partial charge is 0.416 e. The quantitative estimate of drug-likeness (QED) is 0.178. The standard InChI is InChI=1S/C29H26F5NO6S2/c1-42(37,38)17-27(36)35-14-13-28(43(40-41-43)21-9-6-19(30)7-10-21)23-11-8-20(15-18(23)5-12-26(28)35)39-16-22-24(29(32,33)34)3-2-4-25(22)31/h2-4,6-11,15,26H,5,12-14,16-17H2,1H3/t26-,28-/m1/s1. The monoisotopic (exact) mass is 643 g/mol. The predicted octanol–water partition coefficient (Wildman–Crippen LogP) is 6.01. The van der Waals surface area contributed by atoms with Gasteiger partial charge in [0, 0.05) is 18.4 Å². The van der Waals surface area contributed by atoms with E-state index in [2.05, 4.69) is 0 Å². The van der Waals surface area contributed by atoms with E-state index in [-0.39, 0.29) is 12.3 Å². The fourth-order valence-electron chi connectivity index (χ4n) is 6.38. The summed E-state index contributed by atoms with van der Waals surface area (Å²) in [7, 11) is -6.18. The van der Waals surface area contributed by atoms with Crippen molar-refractivity contribution in [3.05, 3.63) is 94.6 Å². The van der Waals surface area contributed by atoms with Crippen LogP contribution < -0.4 is 4.74 Å². The van der Waals surface area contributed by atoms with E-state index in [4.69, 9.17) is 13.4 Å². The molecule has 3 aromatic rings. The number of alkyl halides is 3. The number of nitrogens with zero attached hydrogens (tertiary/aromatic N) is 1. The van der Waals surface area contributed by atoms with Crippen molar-refractivity contribution in [3.63, 3.8) is 0 Å². The molecule has 0 saturated carbocycles. The summed E-state index contributed by atoms with van der Waals surface area (Å²) in [6, 6.07) is 12.8. The Morgan fingerprint density at radius 3 is 2.47 bits per heavy atom. The van der Waals surface area contributed by atoms with Crippen LogP contribution in [0.15, 0.2) is 65.6 Å². The third-order valence-electron chi connectivity index (χ3n) is 8.18. The zero-order valence-electron chi connectivity index (χ0n) is 22.7. The van der Waals surface area contributed by atoms with E-state index in [0.717, 1.165) is 35.6 Å². The molecule has 0 radical (unpaired) electrons. The number of amides is 1. The molecule has 1 amide bonds. The van der Waals surface area contributed by atoms with Crippen LogP contribution >= 0.6 is 10.6 Å². The number of hydrogen-bond donors (Lipinski definition) is 0. The zero-order chi connectivity index (χ0) is 30.8. The summed E-state index contributed by atoms with van der Waals surface area (Å²) in [6.45, 7) is -0.425. The Morgan fingerprint density at radius 1 is 1.09 bits per heavy atom. The Bertz CT molecular complexity index is 1690. The fraction of sp³-hybridized carbons (Fsp3) is 0.345. The van der Waals surface area contributed by atoms with Gasteiger partial charge in [-0.15, -0.1) is 0 Å². The number of rotatable bonds is 7. The average Bonchev–Trinajstić information content (AvgIpc) is 3.64.